The number of aliphatic hydroxyl groups excluding tert-OH is 1. The SMILES string of the molecule is CC(O)(CO)CNc1nccn2cnnc12. The van der Waals surface area contributed by atoms with Gasteiger partial charge in [-0.05, 0) is 6.92 Å². The highest BCUT2D eigenvalue weighted by molar-refractivity contribution is 5.61. The van der Waals surface area contributed by atoms with Crippen molar-refractivity contribution in [3.05, 3.63) is 18.7 Å². The summed E-state index contributed by atoms with van der Waals surface area (Å²) in [7, 11) is 0. The zero-order valence-corrected chi connectivity index (χ0v) is 8.83. The first-order valence-electron chi connectivity index (χ1n) is 4.84. The molecule has 2 heterocycles. The number of aromatic nitrogens is 4. The van der Waals surface area contributed by atoms with Gasteiger partial charge in [-0.15, -0.1) is 10.2 Å². The van der Waals surface area contributed by atoms with Crippen LogP contribution in [-0.4, -0.2) is 48.5 Å². The minimum absolute atomic E-state index is 0.184. The lowest BCUT2D eigenvalue weighted by Crippen LogP contribution is -2.37. The van der Waals surface area contributed by atoms with E-state index in [1.165, 1.54) is 6.92 Å². The van der Waals surface area contributed by atoms with Crippen molar-refractivity contribution in [1.29, 1.82) is 0 Å². The highest BCUT2D eigenvalue weighted by Crippen LogP contribution is 2.11. The molecule has 7 nitrogen and oxygen atoms in total. The van der Waals surface area contributed by atoms with Crippen LogP contribution in [0, 0.1) is 0 Å². The van der Waals surface area contributed by atoms with E-state index in [9.17, 15) is 5.11 Å². The summed E-state index contributed by atoms with van der Waals surface area (Å²) in [6.07, 6.45) is 4.89. The van der Waals surface area contributed by atoms with Crippen molar-refractivity contribution in [1.82, 2.24) is 19.6 Å². The van der Waals surface area contributed by atoms with Gasteiger partial charge in [-0.3, -0.25) is 4.40 Å². The number of hydrogen-bond donors (Lipinski definition) is 3. The standard InChI is InChI=1S/C9H13N5O2/c1-9(16,5-15)4-11-7-8-13-12-6-14(8)3-2-10-7/h2-3,6,15-16H,4-5H2,1H3,(H,10,11). The quantitative estimate of drug-likeness (QED) is 0.633. The van der Waals surface area contributed by atoms with Gasteiger partial charge in [-0.2, -0.15) is 0 Å². The number of hydrogen-bond acceptors (Lipinski definition) is 6. The molecule has 0 amide bonds. The van der Waals surface area contributed by atoms with Gasteiger partial charge in [0.05, 0.1) is 6.61 Å². The van der Waals surface area contributed by atoms with Crippen molar-refractivity contribution in [2.45, 2.75) is 12.5 Å². The van der Waals surface area contributed by atoms with Crippen LogP contribution >= 0.6 is 0 Å². The Bertz CT molecular complexity index is 481. The third-order valence-corrected chi connectivity index (χ3v) is 2.19. The Morgan fingerprint density at radius 1 is 1.56 bits per heavy atom. The van der Waals surface area contributed by atoms with Crippen LogP contribution in [0.1, 0.15) is 6.92 Å². The molecule has 2 aromatic rings. The highest BCUT2D eigenvalue weighted by Gasteiger charge is 2.19. The third-order valence-electron chi connectivity index (χ3n) is 2.19. The van der Waals surface area contributed by atoms with E-state index in [4.69, 9.17) is 5.11 Å². The Kier molecular flexibility index (Phi) is 2.71. The van der Waals surface area contributed by atoms with Crippen molar-refractivity contribution >= 4 is 11.5 Å². The van der Waals surface area contributed by atoms with Crippen LogP contribution in [0.25, 0.3) is 5.65 Å². The van der Waals surface area contributed by atoms with Gasteiger partial charge >= 0.3 is 0 Å². The van der Waals surface area contributed by atoms with Crippen molar-refractivity contribution in [3.8, 4) is 0 Å². The molecule has 0 aliphatic heterocycles. The van der Waals surface area contributed by atoms with Crippen LogP contribution in [0.3, 0.4) is 0 Å². The summed E-state index contributed by atoms with van der Waals surface area (Å²) >= 11 is 0. The second-order valence-electron chi connectivity index (χ2n) is 3.85. The number of nitrogens with one attached hydrogen (secondary N) is 1. The number of aliphatic hydroxyl groups is 2. The smallest absolute Gasteiger partial charge is 0.203 e. The molecule has 3 N–H and O–H groups in total. The molecule has 0 aliphatic carbocycles. The summed E-state index contributed by atoms with van der Waals surface area (Å²) in [6, 6.07) is 0. The second kappa shape index (κ2) is 4.03. The molecule has 0 radical (unpaired) electrons. The lowest BCUT2D eigenvalue weighted by molar-refractivity contribution is 0.0132. The molecule has 86 valence electrons. The normalized spacial score (nSPS) is 14.9. The van der Waals surface area contributed by atoms with E-state index in [1.54, 1.807) is 23.1 Å². The summed E-state index contributed by atoms with van der Waals surface area (Å²) < 4.78 is 1.71. The fourth-order valence-corrected chi connectivity index (χ4v) is 1.21. The third kappa shape index (κ3) is 2.10. The van der Waals surface area contributed by atoms with Crippen molar-refractivity contribution in [2.24, 2.45) is 0 Å². The van der Waals surface area contributed by atoms with Crippen LogP contribution in [0.2, 0.25) is 0 Å². The van der Waals surface area contributed by atoms with E-state index in [-0.39, 0.29) is 13.2 Å². The molecule has 7 heteroatoms. The van der Waals surface area contributed by atoms with E-state index in [0.29, 0.717) is 11.5 Å². The van der Waals surface area contributed by atoms with Crippen LogP contribution in [0.15, 0.2) is 18.7 Å². The van der Waals surface area contributed by atoms with Gasteiger partial charge in [0.2, 0.25) is 5.65 Å². The minimum Gasteiger partial charge on any atom is -0.393 e. The predicted octanol–water partition coefficient (Wildman–Crippen LogP) is -0.721. The minimum atomic E-state index is -1.19. The van der Waals surface area contributed by atoms with Gasteiger partial charge < -0.3 is 15.5 Å². The molecule has 16 heavy (non-hydrogen) atoms. The number of nitrogens with zero attached hydrogens (tertiary/aromatic N) is 4. The fraction of sp³-hybridized carbons (Fsp3) is 0.444. The zero-order chi connectivity index (χ0) is 11.6. The van der Waals surface area contributed by atoms with E-state index >= 15 is 0 Å². The molecule has 0 aliphatic rings. The average Bonchev–Trinajstić information content (AvgIpc) is 2.75. The van der Waals surface area contributed by atoms with Crippen LogP contribution in [0.5, 0.6) is 0 Å². The fourth-order valence-electron chi connectivity index (χ4n) is 1.21. The first-order chi connectivity index (χ1) is 7.62. The maximum Gasteiger partial charge on any atom is 0.203 e. The number of rotatable bonds is 4. The molecule has 2 rings (SSSR count). The summed E-state index contributed by atoms with van der Waals surface area (Å²) in [5.41, 5.74) is -0.606. The topological polar surface area (TPSA) is 95.6 Å². The summed E-state index contributed by atoms with van der Waals surface area (Å²) in [4.78, 5) is 4.09. The molecule has 0 aromatic carbocycles. The Morgan fingerprint density at radius 3 is 3.12 bits per heavy atom. The largest absolute Gasteiger partial charge is 0.393 e. The van der Waals surface area contributed by atoms with Crippen LogP contribution < -0.4 is 5.32 Å². The highest BCUT2D eigenvalue weighted by atomic mass is 16.3. The monoisotopic (exact) mass is 223 g/mol. The number of anilines is 1. The molecule has 0 saturated carbocycles. The van der Waals surface area contributed by atoms with Gasteiger partial charge in [0.15, 0.2) is 5.82 Å². The second-order valence-corrected chi connectivity index (χ2v) is 3.85. The lowest BCUT2D eigenvalue weighted by atomic mass is 10.1. The van der Waals surface area contributed by atoms with Gasteiger partial charge in [0.25, 0.3) is 0 Å². The molecule has 1 atom stereocenters. The zero-order valence-electron chi connectivity index (χ0n) is 8.83. The average molecular weight is 223 g/mol. The van der Waals surface area contributed by atoms with Gasteiger partial charge in [-0.25, -0.2) is 4.98 Å². The molecular weight excluding hydrogens is 210 g/mol. The first-order valence-corrected chi connectivity index (χ1v) is 4.84. The van der Waals surface area contributed by atoms with Crippen LogP contribution in [0.4, 0.5) is 5.82 Å². The Hall–Kier alpha value is -1.73. The Morgan fingerprint density at radius 2 is 2.38 bits per heavy atom. The number of fused-ring (bicyclic) bond motifs is 1. The summed E-state index contributed by atoms with van der Waals surface area (Å²) in [6.45, 7) is 1.39. The first kappa shape index (κ1) is 10.8. The lowest BCUT2D eigenvalue weighted by Gasteiger charge is -2.20. The molecule has 2 aromatic heterocycles. The maximum absolute atomic E-state index is 9.62. The molecule has 0 fully saturated rings. The summed E-state index contributed by atoms with van der Waals surface area (Å²) in [5.74, 6) is 0.522. The van der Waals surface area contributed by atoms with E-state index < -0.39 is 5.60 Å². The molecule has 0 spiro atoms. The van der Waals surface area contributed by atoms with Crippen molar-refractivity contribution in [3.63, 3.8) is 0 Å². The Balaban J connectivity index is 2.18. The van der Waals surface area contributed by atoms with Gasteiger partial charge in [0, 0.05) is 18.9 Å². The van der Waals surface area contributed by atoms with Crippen molar-refractivity contribution < 1.29 is 10.2 Å². The van der Waals surface area contributed by atoms with E-state index in [0.717, 1.165) is 0 Å². The van der Waals surface area contributed by atoms with E-state index in [2.05, 4.69) is 20.5 Å². The summed E-state index contributed by atoms with van der Waals surface area (Å²) in [5, 5.41) is 29.1. The van der Waals surface area contributed by atoms with Crippen LogP contribution in [-0.2, 0) is 0 Å². The van der Waals surface area contributed by atoms with E-state index in [1.807, 2.05) is 0 Å². The maximum atomic E-state index is 9.62. The molecule has 0 bridgehead atoms. The van der Waals surface area contributed by atoms with Gasteiger partial charge in [0.1, 0.15) is 11.9 Å². The predicted molar refractivity (Wildman–Crippen MR) is 57.0 cm³/mol. The van der Waals surface area contributed by atoms with Crippen molar-refractivity contribution in [2.75, 3.05) is 18.5 Å². The van der Waals surface area contributed by atoms with Gasteiger partial charge in [-0.1, -0.05) is 0 Å². The Labute approximate surface area is 91.8 Å². The molecule has 1 unspecified atom stereocenters. The molecule has 0 saturated heterocycles. The molecular formula is C9H13N5O2.